The van der Waals surface area contributed by atoms with Crippen LogP contribution in [0.5, 0.6) is 5.75 Å². The van der Waals surface area contributed by atoms with Crippen molar-refractivity contribution in [3.05, 3.63) is 46.9 Å². The minimum absolute atomic E-state index is 0.0408. The van der Waals surface area contributed by atoms with Crippen LogP contribution in [0, 0.1) is 0 Å². The number of thiophene rings is 1. The number of hydrogen-bond acceptors (Lipinski definition) is 5. The van der Waals surface area contributed by atoms with Crippen LogP contribution in [-0.2, 0) is 11.3 Å². The molecule has 2 aromatic rings. The van der Waals surface area contributed by atoms with Crippen molar-refractivity contribution in [2.45, 2.75) is 6.54 Å². The molecule has 0 spiro atoms. The Labute approximate surface area is 134 Å². The summed E-state index contributed by atoms with van der Waals surface area (Å²) >= 11 is 1.73. The van der Waals surface area contributed by atoms with E-state index < -0.39 is 0 Å². The number of piperazine rings is 1. The molecule has 0 unspecified atom stereocenters. The second-order valence-corrected chi connectivity index (χ2v) is 6.05. The molecule has 0 N–H and O–H groups in total. The summed E-state index contributed by atoms with van der Waals surface area (Å²) in [5.41, 5.74) is 1.35. The Morgan fingerprint density at radius 1 is 1.27 bits per heavy atom. The zero-order chi connectivity index (χ0) is 15.2. The van der Waals surface area contributed by atoms with Crippen LogP contribution in [0.25, 0.3) is 0 Å². The van der Waals surface area contributed by atoms with Gasteiger partial charge in [-0.15, -0.1) is 0 Å². The Morgan fingerprint density at radius 3 is 2.82 bits per heavy atom. The molecule has 3 rings (SSSR count). The number of pyridine rings is 1. The standard InChI is InChI=1S/C16H19N3O2S/c20-16(12-21-15-2-1-4-17-10-15)19-7-5-18(6-8-19)11-14-3-9-22-13-14/h1-4,9-10,13H,5-8,11-12H2. The molecule has 116 valence electrons. The molecule has 1 fully saturated rings. The highest BCUT2D eigenvalue weighted by molar-refractivity contribution is 7.07. The molecule has 3 heterocycles. The van der Waals surface area contributed by atoms with Crippen molar-refractivity contribution in [1.29, 1.82) is 0 Å². The Balaban J connectivity index is 1.42. The van der Waals surface area contributed by atoms with E-state index in [4.69, 9.17) is 4.74 Å². The zero-order valence-corrected chi connectivity index (χ0v) is 13.2. The monoisotopic (exact) mass is 317 g/mol. The van der Waals surface area contributed by atoms with E-state index in [0.717, 1.165) is 32.7 Å². The summed E-state index contributed by atoms with van der Waals surface area (Å²) in [5, 5.41) is 4.28. The number of ether oxygens (including phenoxy) is 1. The summed E-state index contributed by atoms with van der Waals surface area (Å²) in [7, 11) is 0. The molecule has 0 radical (unpaired) electrons. The Bertz CT molecular complexity index is 581. The van der Waals surface area contributed by atoms with Gasteiger partial charge in [-0.2, -0.15) is 11.3 Å². The molecule has 0 bridgehead atoms. The van der Waals surface area contributed by atoms with E-state index in [1.165, 1.54) is 5.56 Å². The van der Waals surface area contributed by atoms with Gasteiger partial charge in [-0.3, -0.25) is 14.7 Å². The fourth-order valence-electron chi connectivity index (χ4n) is 2.47. The van der Waals surface area contributed by atoms with Crippen molar-refractivity contribution in [3.63, 3.8) is 0 Å². The molecule has 1 amide bonds. The summed E-state index contributed by atoms with van der Waals surface area (Å²) in [4.78, 5) is 20.4. The lowest BCUT2D eigenvalue weighted by atomic mass is 10.2. The van der Waals surface area contributed by atoms with E-state index in [1.807, 2.05) is 4.90 Å². The third-order valence-electron chi connectivity index (χ3n) is 3.71. The third kappa shape index (κ3) is 4.05. The average molecular weight is 317 g/mol. The van der Waals surface area contributed by atoms with Crippen molar-refractivity contribution >= 4 is 17.2 Å². The quantitative estimate of drug-likeness (QED) is 0.844. The lowest BCUT2D eigenvalue weighted by Crippen LogP contribution is -2.49. The van der Waals surface area contributed by atoms with Crippen LogP contribution < -0.4 is 4.74 Å². The highest BCUT2D eigenvalue weighted by Gasteiger charge is 2.21. The second kappa shape index (κ2) is 7.38. The molecule has 22 heavy (non-hydrogen) atoms. The van der Waals surface area contributed by atoms with Gasteiger partial charge < -0.3 is 9.64 Å². The van der Waals surface area contributed by atoms with Gasteiger partial charge in [0.25, 0.3) is 5.91 Å². The first-order valence-electron chi connectivity index (χ1n) is 7.35. The van der Waals surface area contributed by atoms with Gasteiger partial charge in [-0.1, -0.05) is 0 Å². The normalized spacial score (nSPS) is 15.7. The lowest BCUT2D eigenvalue weighted by molar-refractivity contribution is -0.135. The minimum atomic E-state index is 0.0408. The Hall–Kier alpha value is -1.92. The molecule has 1 aliphatic heterocycles. The zero-order valence-electron chi connectivity index (χ0n) is 12.4. The van der Waals surface area contributed by atoms with E-state index >= 15 is 0 Å². The summed E-state index contributed by atoms with van der Waals surface area (Å²) < 4.78 is 5.47. The van der Waals surface area contributed by atoms with Gasteiger partial charge in [0, 0.05) is 38.9 Å². The van der Waals surface area contributed by atoms with Crippen LogP contribution in [0.15, 0.2) is 41.4 Å². The number of aromatic nitrogens is 1. The average Bonchev–Trinajstić information content (AvgIpc) is 3.07. The highest BCUT2D eigenvalue weighted by Crippen LogP contribution is 2.12. The number of amides is 1. The molecule has 0 atom stereocenters. The summed E-state index contributed by atoms with van der Waals surface area (Å²) in [6, 6.07) is 5.76. The number of carbonyl (C=O) groups excluding carboxylic acids is 1. The van der Waals surface area contributed by atoms with E-state index in [9.17, 15) is 4.79 Å². The van der Waals surface area contributed by atoms with Gasteiger partial charge in [0.1, 0.15) is 5.75 Å². The van der Waals surface area contributed by atoms with Gasteiger partial charge in [-0.05, 0) is 34.5 Å². The van der Waals surface area contributed by atoms with E-state index in [-0.39, 0.29) is 12.5 Å². The van der Waals surface area contributed by atoms with Crippen molar-refractivity contribution < 1.29 is 9.53 Å². The summed E-state index contributed by atoms with van der Waals surface area (Å²) in [6.45, 7) is 4.40. The first-order chi connectivity index (χ1) is 10.8. The maximum atomic E-state index is 12.2. The van der Waals surface area contributed by atoms with Crippen LogP contribution in [0.2, 0.25) is 0 Å². The highest BCUT2D eigenvalue weighted by atomic mass is 32.1. The number of nitrogens with zero attached hydrogens (tertiary/aromatic N) is 3. The van der Waals surface area contributed by atoms with Crippen LogP contribution in [0.4, 0.5) is 0 Å². The van der Waals surface area contributed by atoms with Crippen LogP contribution in [0.1, 0.15) is 5.56 Å². The molecule has 1 aliphatic rings. The van der Waals surface area contributed by atoms with Gasteiger partial charge in [0.05, 0.1) is 6.20 Å². The molecule has 0 saturated carbocycles. The van der Waals surface area contributed by atoms with Gasteiger partial charge >= 0.3 is 0 Å². The molecule has 2 aromatic heterocycles. The second-order valence-electron chi connectivity index (χ2n) is 5.27. The molecule has 5 nitrogen and oxygen atoms in total. The summed E-state index contributed by atoms with van der Waals surface area (Å²) in [6.07, 6.45) is 3.30. The maximum Gasteiger partial charge on any atom is 0.260 e. The predicted octanol–water partition coefficient (Wildman–Crippen LogP) is 1.87. The van der Waals surface area contributed by atoms with Gasteiger partial charge in [-0.25, -0.2) is 0 Å². The Morgan fingerprint density at radius 2 is 2.14 bits per heavy atom. The fourth-order valence-corrected chi connectivity index (χ4v) is 3.12. The third-order valence-corrected chi connectivity index (χ3v) is 4.44. The van der Waals surface area contributed by atoms with Crippen molar-refractivity contribution in [2.75, 3.05) is 32.8 Å². The number of rotatable bonds is 5. The number of carbonyl (C=O) groups is 1. The van der Waals surface area contributed by atoms with Crippen molar-refractivity contribution in [3.8, 4) is 5.75 Å². The molecule has 0 aromatic carbocycles. The molecular weight excluding hydrogens is 298 g/mol. The summed E-state index contributed by atoms with van der Waals surface area (Å²) in [5.74, 6) is 0.672. The van der Waals surface area contributed by atoms with Gasteiger partial charge in [0.2, 0.25) is 0 Å². The first-order valence-corrected chi connectivity index (χ1v) is 8.29. The smallest absolute Gasteiger partial charge is 0.260 e. The van der Waals surface area contributed by atoms with Gasteiger partial charge in [0.15, 0.2) is 6.61 Å². The minimum Gasteiger partial charge on any atom is -0.482 e. The Kier molecular flexibility index (Phi) is 5.03. The predicted molar refractivity (Wildman–Crippen MR) is 85.9 cm³/mol. The van der Waals surface area contributed by atoms with E-state index in [0.29, 0.717) is 5.75 Å². The van der Waals surface area contributed by atoms with Crippen molar-refractivity contribution in [2.24, 2.45) is 0 Å². The molecule has 0 aliphatic carbocycles. The molecule has 1 saturated heterocycles. The van der Waals surface area contributed by atoms with Crippen LogP contribution in [0.3, 0.4) is 0 Å². The first kappa shape index (κ1) is 15.0. The SMILES string of the molecule is O=C(COc1cccnc1)N1CCN(Cc2ccsc2)CC1. The molecular formula is C16H19N3O2S. The van der Waals surface area contributed by atoms with E-state index in [1.54, 1.807) is 35.9 Å². The van der Waals surface area contributed by atoms with Crippen LogP contribution in [-0.4, -0.2) is 53.5 Å². The van der Waals surface area contributed by atoms with Crippen molar-refractivity contribution in [1.82, 2.24) is 14.8 Å². The topological polar surface area (TPSA) is 45.7 Å². The lowest BCUT2D eigenvalue weighted by Gasteiger charge is -2.34. The largest absolute Gasteiger partial charge is 0.482 e. The van der Waals surface area contributed by atoms with Crippen LogP contribution >= 0.6 is 11.3 Å². The fraction of sp³-hybridized carbons (Fsp3) is 0.375. The maximum absolute atomic E-state index is 12.2. The van der Waals surface area contributed by atoms with E-state index in [2.05, 4.69) is 26.7 Å². The number of hydrogen-bond donors (Lipinski definition) is 0. The molecule has 6 heteroatoms.